The lowest BCUT2D eigenvalue weighted by atomic mass is 10.1. The highest BCUT2D eigenvalue weighted by Crippen LogP contribution is 2.28. The van der Waals surface area contributed by atoms with Gasteiger partial charge in [-0.2, -0.15) is 0 Å². The average molecular weight is 382 g/mol. The zero-order chi connectivity index (χ0) is 19.6. The Balaban J connectivity index is 1.30. The number of anilines is 1. The number of rotatable bonds is 9. The Bertz CT molecular complexity index is 728. The first kappa shape index (κ1) is 20.2. The van der Waals surface area contributed by atoms with Gasteiger partial charge in [0.2, 0.25) is 5.91 Å². The van der Waals surface area contributed by atoms with E-state index < -0.39 is 0 Å². The molecule has 0 radical (unpaired) electrons. The number of nitrogens with zero attached hydrogens (tertiary/aromatic N) is 2. The number of carbonyl (C=O) groups is 1. The number of hydrogen-bond donors (Lipinski definition) is 1. The molecule has 0 bridgehead atoms. The Kier molecular flexibility index (Phi) is 7.73. The molecule has 0 saturated carbocycles. The fraction of sp³-hybridized carbons (Fsp3) is 0.435. The van der Waals surface area contributed by atoms with E-state index in [-0.39, 0.29) is 5.91 Å². The van der Waals surface area contributed by atoms with Crippen molar-refractivity contribution in [2.75, 3.05) is 51.3 Å². The zero-order valence-electron chi connectivity index (χ0n) is 16.8. The van der Waals surface area contributed by atoms with Crippen molar-refractivity contribution < 1.29 is 9.53 Å². The molecular weight excluding hydrogens is 350 g/mol. The van der Waals surface area contributed by atoms with Crippen molar-refractivity contribution in [3.8, 4) is 5.75 Å². The highest BCUT2D eigenvalue weighted by molar-refractivity contribution is 5.76. The average Bonchev–Trinajstić information content (AvgIpc) is 2.76. The highest BCUT2D eigenvalue weighted by Gasteiger charge is 2.19. The molecule has 1 aliphatic rings. The number of ether oxygens (including phenoxy) is 1. The third kappa shape index (κ3) is 5.99. The van der Waals surface area contributed by atoms with Crippen LogP contribution < -0.4 is 15.0 Å². The van der Waals surface area contributed by atoms with Crippen LogP contribution in [-0.2, 0) is 11.2 Å². The van der Waals surface area contributed by atoms with Crippen LogP contribution in [0.1, 0.15) is 18.4 Å². The first-order valence-electron chi connectivity index (χ1n) is 10.2. The number of benzene rings is 2. The minimum atomic E-state index is 0.143. The van der Waals surface area contributed by atoms with Gasteiger partial charge in [-0.1, -0.05) is 42.5 Å². The molecule has 2 aromatic rings. The Morgan fingerprint density at radius 2 is 1.71 bits per heavy atom. The summed E-state index contributed by atoms with van der Waals surface area (Å²) < 4.78 is 5.48. The molecule has 0 unspecified atom stereocenters. The topological polar surface area (TPSA) is 44.8 Å². The molecule has 0 aromatic heterocycles. The van der Waals surface area contributed by atoms with Crippen molar-refractivity contribution in [2.24, 2.45) is 0 Å². The van der Waals surface area contributed by atoms with E-state index in [1.807, 2.05) is 30.3 Å². The van der Waals surface area contributed by atoms with E-state index in [1.54, 1.807) is 7.11 Å². The summed E-state index contributed by atoms with van der Waals surface area (Å²) in [6.45, 7) is 5.87. The first-order valence-corrected chi connectivity index (χ1v) is 10.2. The second-order valence-electron chi connectivity index (χ2n) is 7.19. The molecule has 0 aliphatic carbocycles. The number of para-hydroxylation sites is 2. The lowest BCUT2D eigenvalue weighted by Crippen LogP contribution is -2.47. The predicted molar refractivity (Wildman–Crippen MR) is 114 cm³/mol. The van der Waals surface area contributed by atoms with Crippen molar-refractivity contribution in [2.45, 2.75) is 19.3 Å². The largest absolute Gasteiger partial charge is 0.495 e. The fourth-order valence-electron chi connectivity index (χ4n) is 3.62. The first-order chi connectivity index (χ1) is 13.8. The quantitative estimate of drug-likeness (QED) is 0.679. The molecule has 1 amide bonds. The molecule has 3 rings (SSSR count). The van der Waals surface area contributed by atoms with Crippen LogP contribution in [0, 0.1) is 0 Å². The third-order valence-corrected chi connectivity index (χ3v) is 5.25. The van der Waals surface area contributed by atoms with Gasteiger partial charge in [0.05, 0.1) is 12.8 Å². The monoisotopic (exact) mass is 381 g/mol. The van der Waals surface area contributed by atoms with Crippen molar-refractivity contribution in [1.82, 2.24) is 10.2 Å². The molecule has 28 heavy (non-hydrogen) atoms. The highest BCUT2D eigenvalue weighted by atomic mass is 16.5. The molecule has 1 heterocycles. The molecule has 5 nitrogen and oxygen atoms in total. The van der Waals surface area contributed by atoms with Gasteiger partial charge in [0, 0.05) is 39.1 Å². The van der Waals surface area contributed by atoms with E-state index in [1.165, 1.54) is 11.3 Å². The molecule has 150 valence electrons. The summed E-state index contributed by atoms with van der Waals surface area (Å²) in [6.07, 6.45) is 2.35. The summed E-state index contributed by atoms with van der Waals surface area (Å²) in [4.78, 5) is 16.8. The van der Waals surface area contributed by atoms with Crippen LogP contribution in [0.2, 0.25) is 0 Å². The number of piperazine rings is 1. The number of methoxy groups -OCH3 is 1. The summed E-state index contributed by atoms with van der Waals surface area (Å²) in [5.41, 5.74) is 2.39. The van der Waals surface area contributed by atoms with Crippen LogP contribution in [0.5, 0.6) is 5.75 Å². The lowest BCUT2D eigenvalue weighted by Gasteiger charge is -2.36. The maximum absolute atomic E-state index is 12.0. The maximum atomic E-state index is 12.0. The Hall–Kier alpha value is -2.53. The number of nitrogens with one attached hydrogen (secondary N) is 1. The molecule has 0 atom stereocenters. The SMILES string of the molecule is COc1ccccc1N1CCN(CCCNC(=O)CCc2ccccc2)CC1. The van der Waals surface area contributed by atoms with E-state index in [0.717, 1.165) is 57.9 Å². The van der Waals surface area contributed by atoms with E-state index >= 15 is 0 Å². The van der Waals surface area contributed by atoms with Crippen LogP contribution in [0.4, 0.5) is 5.69 Å². The molecule has 5 heteroatoms. The second kappa shape index (κ2) is 10.7. The van der Waals surface area contributed by atoms with Gasteiger partial charge in [0.25, 0.3) is 0 Å². The lowest BCUT2D eigenvalue weighted by molar-refractivity contribution is -0.121. The predicted octanol–water partition coefficient (Wildman–Crippen LogP) is 2.96. The Morgan fingerprint density at radius 3 is 2.46 bits per heavy atom. The summed E-state index contributed by atoms with van der Waals surface area (Å²) in [5.74, 6) is 1.08. The van der Waals surface area contributed by atoms with Gasteiger partial charge >= 0.3 is 0 Å². The normalized spacial score (nSPS) is 14.7. The smallest absolute Gasteiger partial charge is 0.220 e. The summed E-state index contributed by atoms with van der Waals surface area (Å²) in [7, 11) is 1.73. The number of aryl methyl sites for hydroxylation is 1. The number of carbonyl (C=O) groups excluding carboxylic acids is 1. The van der Waals surface area contributed by atoms with Crippen LogP contribution in [-0.4, -0.2) is 57.2 Å². The van der Waals surface area contributed by atoms with E-state index in [4.69, 9.17) is 4.74 Å². The minimum absolute atomic E-state index is 0.143. The Morgan fingerprint density at radius 1 is 1.00 bits per heavy atom. The van der Waals surface area contributed by atoms with E-state index in [2.05, 4.69) is 39.4 Å². The summed E-state index contributed by atoms with van der Waals surface area (Å²) in [5, 5.41) is 3.05. The van der Waals surface area contributed by atoms with Crippen molar-refractivity contribution in [1.29, 1.82) is 0 Å². The fourth-order valence-corrected chi connectivity index (χ4v) is 3.62. The van der Waals surface area contributed by atoms with Crippen LogP contribution >= 0.6 is 0 Å². The van der Waals surface area contributed by atoms with Gasteiger partial charge in [-0.05, 0) is 37.1 Å². The molecule has 1 fully saturated rings. The van der Waals surface area contributed by atoms with Crippen molar-refractivity contribution >= 4 is 11.6 Å². The Labute approximate surface area is 168 Å². The molecule has 1 aliphatic heterocycles. The van der Waals surface area contributed by atoms with Gasteiger partial charge in [-0.15, -0.1) is 0 Å². The third-order valence-electron chi connectivity index (χ3n) is 5.25. The zero-order valence-corrected chi connectivity index (χ0v) is 16.8. The number of amides is 1. The summed E-state index contributed by atoms with van der Waals surface area (Å²) >= 11 is 0. The minimum Gasteiger partial charge on any atom is -0.495 e. The van der Waals surface area contributed by atoms with Crippen molar-refractivity contribution in [3.63, 3.8) is 0 Å². The van der Waals surface area contributed by atoms with Gasteiger partial charge in [0.1, 0.15) is 5.75 Å². The molecule has 0 spiro atoms. The molecular formula is C23H31N3O2. The van der Waals surface area contributed by atoms with Gasteiger partial charge in [-0.3, -0.25) is 9.69 Å². The second-order valence-corrected chi connectivity index (χ2v) is 7.19. The molecule has 1 saturated heterocycles. The standard InChI is InChI=1S/C23H31N3O2/c1-28-22-11-6-5-10-21(22)26-18-16-25(17-19-26)15-7-14-24-23(27)13-12-20-8-3-2-4-9-20/h2-6,8-11H,7,12-19H2,1H3,(H,24,27). The van der Waals surface area contributed by atoms with Gasteiger partial charge in [-0.25, -0.2) is 0 Å². The van der Waals surface area contributed by atoms with Crippen LogP contribution in [0.3, 0.4) is 0 Å². The van der Waals surface area contributed by atoms with E-state index in [0.29, 0.717) is 6.42 Å². The van der Waals surface area contributed by atoms with Crippen LogP contribution in [0.25, 0.3) is 0 Å². The molecule has 1 N–H and O–H groups in total. The summed E-state index contributed by atoms with van der Waals surface area (Å²) in [6, 6.07) is 18.4. The maximum Gasteiger partial charge on any atom is 0.220 e. The van der Waals surface area contributed by atoms with Gasteiger partial charge in [0.15, 0.2) is 0 Å². The van der Waals surface area contributed by atoms with Crippen molar-refractivity contribution in [3.05, 3.63) is 60.2 Å². The van der Waals surface area contributed by atoms with Gasteiger partial charge < -0.3 is 15.0 Å². The van der Waals surface area contributed by atoms with Crippen LogP contribution in [0.15, 0.2) is 54.6 Å². The van der Waals surface area contributed by atoms with E-state index in [9.17, 15) is 4.79 Å². The molecule has 2 aromatic carbocycles. The number of hydrogen-bond acceptors (Lipinski definition) is 4.